The molecule has 0 radical (unpaired) electrons. The lowest BCUT2D eigenvalue weighted by atomic mass is 10.1. The number of nitrogens with one attached hydrogen (secondary N) is 2. The fraction of sp³-hybridized carbons (Fsp3) is 0.417. The Morgan fingerprint density at radius 2 is 2.35 bits per heavy atom. The number of anilines is 1. The van der Waals surface area contributed by atoms with Gasteiger partial charge in [0.25, 0.3) is 5.91 Å². The van der Waals surface area contributed by atoms with E-state index in [-0.39, 0.29) is 0 Å². The molecule has 1 saturated heterocycles. The van der Waals surface area contributed by atoms with Crippen LogP contribution in [0.25, 0.3) is 0 Å². The first kappa shape index (κ1) is 12.2. The zero-order chi connectivity index (χ0) is 12.3. The van der Waals surface area contributed by atoms with Crippen LogP contribution < -0.4 is 16.4 Å². The van der Waals surface area contributed by atoms with Crippen molar-refractivity contribution in [2.75, 3.05) is 18.4 Å². The van der Waals surface area contributed by atoms with E-state index in [4.69, 9.17) is 17.3 Å². The average Bonchev–Trinajstić information content (AvgIpc) is 2.32. The average molecular weight is 254 g/mol. The van der Waals surface area contributed by atoms with Gasteiger partial charge in [-0.2, -0.15) is 0 Å². The molecule has 92 valence electrons. The summed E-state index contributed by atoms with van der Waals surface area (Å²) in [5, 5.41) is 7.17. The molecule has 1 amide bonds. The molecule has 2 rings (SSSR count). The van der Waals surface area contributed by atoms with Gasteiger partial charge < -0.3 is 16.4 Å². The number of halogens is 1. The molecule has 1 heterocycles. The molecule has 0 saturated carbocycles. The van der Waals surface area contributed by atoms with Crippen LogP contribution in [0, 0.1) is 0 Å². The maximum atomic E-state index is 11.3. The molecule has 4 nitrogen and oxygen atoms in total. The number of hydrogen-bond acceptors (Lipinski definition) is 3. The summed E-state index contributed by atoms with van der Waals surface area (Å²) in [5.74, 6) is -0.459. The highest BCUT2D eigenvalue weighted by Crippen LogP contribution is 2.22. The summed E-state index contributed by atoms with van der Waals surface area (Å²) >= 11 is 5.86. The molecule has 1 aromatic rings. The monoisotopic (exact) mass is 253 g/mol. The molecule has 0 spiro atoms. The van der Waals surface area contributed by atoms with Crippen LogP contribution in [-0.4, -0.2) is 25.0 Å². The minimum atomic E-state index is -0.459. The highest BCUT2D eigenvalue weighted by atomic mass is 35.5. The molecule has 4 N–H and O–H groups in total. The second kappa shape index (κ2) is 5.38. The molecule has 17 heavy (non-hydrogen) atoms. The summed E-state index contributed by atoms with van der Waals surface area (Å²) in [6, 6.07) is 5.49. The van der Waals surface area contributed by atoms with Gasteiger partial charge in [-0.3, -0.25) is 4.79 Å². The van der Waals surface area contributed by atoms with Crippen LogP contribution in [0.5, 0.6) is 0 Å². The fourth-order valence-corrected chi connectivity index (χ4v) is 2.21. The van der Waals surface area contributed by atoms with Crippen LogP contribution in [0.2, 0.25) is 5.02 Å². The smallest absolute Gasteiger partial charge is 0.250 e. The molecule has 0 aliphatic carbocycles. The van der Waals surface area contributed by atoms with E-state index in [9.17, 15) is 4.79 Å². The van der Waals surface area contributed by atoms with Gasteiger partial charge in [-0.25, -0.2) is 0 Å². The third-order valence-corrected chi connectivity index (χ3v) is 3.14. The van der Waals surface area contributed by atoms with Gasteiger partial charge in [-0.1, -0.05) is 11.6 Å². The van der Waals surface area contributed by atoms with Gasteiger partial charge in [0.05, 0.1) is 5.56 Å². The number of benzene rings is 1. The van der Waals surface area contributed by atoms with Crippen LogP contribution >= 0.6 is 11.6 Å². The molecule has 0 aromatic heterocycles. The van der Waals surface area contributed by atoms with Crippen molar-refractivity contribution < 1.29 is 4.79 Å². The molecule has 0 bridgehead atoms. The van der Waals surface area contributed by atoms with E-state index in [1.54, 1.807) is 18.2 Å². The summed E-state index contributed by atoms with van der Waals surface area (Å²) in [5.41, 5.74) is 6.54. The van der Waals surface area contributed by atoms with Gasteiger partial charge >= 0.3 is 0 Å². The normalized spacial score (nSPS) is 19.9. The Morgan fingerprint density at radius 3 is 3.00 bits per heavy atom. The van der Waals surface area contributed by atoms with Crippen molar-refractivity contribution in [1.29, 1.82) is 0 Å². The Hall–Kier alpha value is -1.26. The molecule has 1 aliphatic heterocycles. The number of amides is 1. The van der Waals surface area contributed by atoms with E-state index in [1.807, 2.05) is 0 Å². The Bertz CT molecular complexity index is 416. The van der Waals surface area contributed by atoms with Gasteiger partial charge in [-0.05, 0) is 37.6 Å². The largest absolute Gasteiger partial charge is 0.380 e. The second-order valence-corrected chi connectivity index (χ2v) is 4.68. The van der Waals surface area contributed by atoms with Gasteiger partial charge in [0.2, 0.25) is 0 Å². The standard InChI is InChI=1S/C12H16ClN3O/c13-8-3-4-11(10(6-8)12(14)17)16-9-2-1-5-15-7-9/h3-4,6,9,15-16H,1-2,5,7H2,(H2,14,17). The first-order valence-corrected chi connectivity index (χ1v) is 6.11. The molecule has 5 heteroatoms. The number of hydrogen-bond donors (Lipinski definition) is 3. The van der Waals surface area contributed by atoms with Gasteiger partial charge in [0.15, 0.2) is 0 Å². The lowest BCUT2D eigenvalue weighted by Gasteiger charge is -2.25. The second-order valence-electron chi connectivity index (χ2n) is 4.24. The number of primary amides is 1. The van der Waals surface area contributed by atoms with Gasteiger partial charge in [0.1, 0.15) is 0 Å². The summed E-state index contributed by atoms with van der Waals surface area (Å²) < 4.78 is 0. The van der Waals surface area contributed by atoms with Crippen molar-refractivity contribution >= 4 is 23.2 Å². The Labute approximate surface area is 106 Å². The molecule has 1 fully saturated rings. The first-order valence-electron chi connectivity index (χ1n) is 5.73. The predicted molar refractivity (Wildman–Crippen MR) is 69.5 cm³/mol. The van der Waals surface area contributed by atoms with Crippen molar-refractivity contribution in [3.8, 4) is 0 Å². The maximum absolute atomic E-state index is 11.3. The number of carbonyl (C=O) groups excluding carboxylic acids is 1. The van der Waals surface area contributed by atoms with Crippen LogP contribution in [0.3, 0.4) is 0 Å². The Morgan fingerprint density at radius 1 is 1.53 bits per heavy atom. The van der Waals surface area contributed by atoms with Crippen molar-refractivity contribution in [2.24, 2.45) is 5.73 Å². The minimum absolute atomic E-state index is 0.336. The fourth-order valence-electron chi connectivity index (χ4n) is 2.04. The third kappa shape index (κ3) is 3.11. The highest BCUT2D eigenvalue weighted by Gasteiger charge is 2.15. The zero-order valence-corrected chi connectivity index (χ0v) is 10.3. The van der Waals surface area contributed by atoms with E-state index >= 15 is 0 Å². The van der Waals surface area contributed by atoms with Crippen LogP contribution in [0.15, 0.2) is 18.2 Å². The van der Waals surface area contributed by atoms with Crippen molar-refractivity contribution in [2.45, 2.75) is 18.9 Å². The van der Waals surface area contributed by atoms with E-state index in [0.29, 0.717) is 16.6 Å². The number of carbonyl (C=O) groups is 1. The summed E-state index contributed by atoms with van der Waals surface area (Å²) in [6.07, 6.45) is 2.23. The van der Waals surface area contributed by atoms with Crippen LogP contribution in [-0.2, 0) is 0 Å². The third-order valence-electron chi connectivity index (χ3n) is 2.90. The first-order chi connectivity index (χ1) is 8.16. The Balaban J connectivity index is 2.16. The molecular weight excluding hydrogens is 238 g/mol. The quantitative estimate of drug-likeness (QED) is 0.767. The van der Waals surface area contributed by atoms with E-state index in [0.717, 1.165) is 31.6 Å². The SMILES string of the molecule is NC(=O)c1cc(Cl)ccc1NC1CCCNC1. The maximum Gasteiger partial charge on any atom is 0.250 e. The van der Waals surface area contributed by atoms with Crippen molar-refractivity contribution in [3.05, 3.63) is 28.8 Å². The minimum Gasteiger partial charge on any atom is -0.380 e. The lowest BCUT2D eigenvalue weighted by molar-refractivity contribution is 0.100. The number of nitrogens with two attached hydrogens (primary N) is 1. The van der Waals surface area contributed by atoms with Crippen LogP contribution in [0.4, 0.5) is 5.69 Å². The topological polar surface area (TPSA) is 67.2 Å². The van der Waals surface area contributed by atoms with E-state index in [1.165, 1.54) is 0 Å². The Kier molecular flexibility index (Phi) is 3.86. The summed E-state index contributed by atoms with van der Waals surface area (Å²) in [4.78, 5) is 11.3. The molecule has 1 aromatic carbocycles. The van der Waals surface area contributed by atoms with E-state index < -0.39 is 5.91 Å². The molecule has 1 aliphatic rings. The predicted octanol–water partition coefficient (Wildman–Crippen LogP) is 1.60. The van der Waals surface area contributed by atoms with Crippen molar-refractivity contribution in [3.63, 3.8) is 0 Å². The molecule has 1 unspecified atom stereocenters. The number of rotatable bonds is 3. The van der Waals surface area contributed by atoms with Crippen LogP contribution in [0.1, 0.15) is 23.2 Å². The summed E-state index contributed by atoms with van der Waals surface area (Å²) in [6.45, 7) is 1.96. The van der Waals surface area contributed by atoms with E-state index in [2.05, 4.69) is 10.6 Å². The molecule has 1 atom stereocenters. The van der Waals surface area contributed by atoms with Gasteiger partial charge in [0, 0.05) is 23.3 Å². The van der Waals surface area contributed by atoms with Gasteiger partial charge in [-0.15, -0.1) is 0 Å². The van der Waals surface area contributed by atoms with Crippen molar-refractivity contribution in [1.82, 2.24) is 5.32 Å². The lowest BCUT2D eigenvalue weighted by Crippen LogP contribution is -2.38. The molecular formula is C12H16ClN3O. The number of piperidine rings is 1. The zero-order valence-electron chi connectivity index (χ0n) is 9.50. The highest BCUT2D eigenvalue weighted by molar-refractivity contribution is 6.31. The summed E-state index contributed by atoms with van der Waals surface area (Å²) in [7, 11) is 0.